The third-order valence-electron chi connectivity index (χ3n) is 3.46. The summed E-state index contributed by atoms with van der Waals surface area (Å²) in [6.45, 7) is 2.78. The van der Waals surface area contributed by atoms with E-state index < -0.39 is 5.82 Å². The Balaban J connectivity index is 2.07. The summed E-state index contributed by atoms with van der Waals surface area (Å²) < 4.78 is 13.2. The number of benzene rings is 1. The molecule has 1 saturated carbocycles. The summed E-state index contributed by atoms with van der Waals surface area (Å²) in [5.41, 5.74) is 6.83. The van der Waals surface area contributed by atoms with Crippen LogP contribution in [0.5, 0.6) is 0 Å². The van der Waals surface area contributed by atoms with Gasteiger partial charge in [0.25, 0.3) is 0 Å². The molecule has 1 aromatic rings. The van der Waals surface area contributed by atoms with Crippen LogP contribution in [0, 0.1) is 11.7 Å². The van der Waals surface area contributed by atoms with Crippen LogP contribution in [-0.4, -0.2) is 17.1 Å². The molecule has 4 N–H and O–H groups in total. The fourth-order valence-corrected chi connectivity index (χ4v) is 2.18. The summed E-state index contributed by atoms with van der Waals surface area (Å²) in [6, 6.07) is 4.88. The minimum absolute atomic E-state index is 0.0610. The minimum atomic E-state index is -0.391. The summed E-state index contributed by atoms with van der Waals surface area (Å²) in [7, 11) is 0. The van der Waals surface area contributed by atoms with Crippen LogP contribution in [0.4, 0.5) is 4.39 Å². The SMILES string of the molecule is CCC1CC1NCc1ccc(F)cc1/C(N)=N/O. The van der Waals surface area contributed by atoms with Crippen LogP contribution < -0.4 is 11.1 Å². The Bertz CT molecular complexity index is 462. The molecule has 4 nitrogen and oxygen atoms in total. The van der Waals surface area contributed by atoms with Gasteiger partial charge in [-0.25, -0.2) is 4.39 Å². The van der Waals surface area contributed by atoms with E-state index in [4.69, 9.17) is 10.9 Å². The third-order valence-corrected chi connectivity index (χ3v) is 3.46. The predicted octanol–water partition coefficient (Wildman–Crippen LogP) is 1.81. The zero-order valence-electron chi connectivity index (χ0n) is 10.4. The lowest BCUT2D eigenvalue weighted by Crippen LogP contribution is -2.22. The van der Waals surface area contributed by atoms with Crippen LogP contribution in [0.2, 0.25) is 0 Å². The van der Waals surface area contributed by atoms with Gasteiger partial charge in [0.1, 0.15) is 5.82 Å². The van der Waals surface area contributed by atoms with Crippen LogP contribution >= 0.6 is 0 Å². The number of amidine groups is 1. The number of nitrogens with one attached hydrogen (secondary N) is 1. The van der Waals surface area contributed by atoms with Crippen molar-refractivity contribution in [2.24, 2.45) is 16.8 Å². The molecule has 5 heteroatoms. The van der Waals surface area contributed by atoms with Gasteiger partial charge in [0, 0.05) is 18.2 Å². The van der Waals surface area contributed by atoms with E-state index in [1.54, 1.807) is 6.07 Å². The molecule has 0 spiro atoms. The molecule has 0 saturated heterocycles. The monoisotopic (exact) mass is 251 g/mol. The van der Waals surface area contributed by atoms with Crippen LogP contribution in [0.25, 0.3) is 0 Å². The molecular formula is C13H18FN3O. The highest BCUT2D eigenvalue weighted by Crippen LogP contribution is 2.33. The summed E-state index contributed by atoms with van der Waals surface area (Å²) in [5.74, 6) is 0.296. The van der Waals surface area contributed by atoms with E-state index in [0.717, 1.165) is 11.5 Å². The average Bonchev–Trinajstić information content (AvgIpc) is 3.15. The molecule has 98 valence electrons. The second-order valence-electron chi connectivity index (χ2n) is 4.68. The summed E-state index contributed by atoms with van der Waals surface area (Å²) in [6.07, 6.45) is 2.37. The van der Waals surface area contributed by atoms with Crippen LogP contribution in [-0.2, 0) is 6.54 Å². The summed E-state index contributed by atoms with van der Waals surface area (Å²) in [5, 5.41) is 15.0. The fraction of sp³-hybridized carbons (Fsp3) is 0.462. The Morgan fingerprint density at radius 3 is 3.00 bits per heavy atom. The first-order valence-corrected chi connectivity index (χ1v) is 6.15. The molecule has 0 amide bonds. The molecule has 18 heavy (non-hydrogen) atoms. The first-order chi connectivity index (χ1) is 8.65. The summed E-state index contributed by atoms with van der Waals surface area (Å²) in [4.78, 5) is 0. The lowest BCUT2D eigenvalue weighted by Gasteiger charge is -2.09. The highest BCUT2D eigenvalue weighted by atomic mass is 19.1. The van der Waals surface area contributed by atoms with Crippen LogP contribution in [0.15, 0.2) is 23.4 Å². The smallest absolute Gasteiger partial charge is 0.170 e. The van der Waals surface area contributed by atoms with Crippen molar-refractivity contribution in [1.29, 1.82) is 0 Å². The molecule has 2 atom stereocenters. The van der Waals surface area contributed by atoms with Crippen LogP contribution in [0.3, 0.4) is 0 Å². The Labute approximate surface area is 106 Å². The molecule has 0 aliphatic heterocycles. The van der Waals surface area contributed by atoms with Gasteiger partial charge in [0.05, 0.1) is 0 Å². The van der Waals surface area contributed by atoms with E-state index in [1.807, 2.05) is 0 Å². The van der Waals surface area contributed by atoms with Crippen molar-refractivity contribution in [2.45, 2.75) is 32.4 Å². The minimum Gasteiger partial charge on any atom is -0.409 e. The zero-order valence-corrected chi connectivity index (χ0v) is 10.4. The van der Waals surface area contributed by atoms with Gasteiger partial charge in [-0.15, -0.1) is 0 Å². The molecule has 1 aromatic carbocycles. The first kappa shape index (κ1) is 12.8. The largest absolute Gasteiger partial charge is 0.409 e. The lowest BCUT2D eigenvalue weighted by atomic mass is 10.1. The third kappa shape index (κ3) is 2.79. The molecular weight excluding hydrogens is 233 g/mol. The van der Waals surface area contributed by atoms with Crippen LogP contribution in [0.1, 0.15) is 30.9 Å². The number of rotatable bonds is 5. The van der Waals surface area contributed by atoms with E-state index in [9.17, 15) is 4.39 Å². The zero-order chi connectivity index (χ0) is 13.1. The van der Waals surface area contributed by atoms with Crippen molar-refractivity contribution in [3.63, 3.8) is 0 Å². The van der Waals surface area contributed by atoms with Gasteiger partial charge in [-0.3, -0.25) is 0 Å². The van der Waals surface area contributed by atoms with Gasteiger partial charge >= 0.3 is 0 Å². The summed E-state index contributed by atoms with van der Waals surface area (Å²) >= 11 is 0. The predicted molar refractivity (Wildman–Crippen MR) is 67.9 cm³/mol. The number of hydrogen-bond acceptors (Lipinski definition) is 3. The number of nitrogens with two attached hydrogens (primary N) is 1. The van der Waals surface area contributed by atoms with Crippen molar-refractivity contribution in [3.05, 3.63) is 35.1 Å². The van der Waals surface area contributed by atoms with Gasteiger partial charge in [-0.1, -0.05) is 24.6 Å². The Kier molecular flexibility index (Phi) is 3.81. The maximum Gasteiger partial charge on any atom is 0.170 e. The normalized spacial score (nSPS) is 23.1. The van der Waals surface area contributed by atoms with Crippen molar-refractivity contribution in [2.75, 3.05) is 0 Å². The Morgan fingerprint density at radius 1 is 1.61 bits per heavy atom. The highest BCUT2D eigenvalue weighted by molar-refractivity contribution is 5.98. The first-order valence-electron chi connectivity index (χ1n) is 6.15. The van der Waals surface area contributed by atoms with E-state index in [2.05, 4.69) is 17.4 Å². The quantitative estimate of drug-likeness (QED) is 0.323. The lowest BCUT2D eigenvalue weighted by molar-refractivity contribution is 0.318. The second-order valence-corrected chi connectivity index (χ2v) is 4.68. The average molecular weight is 251 g/mol. The Hall–Kier alpha value is -1.62. The van der Waals surface area contributed by atoms with Crippen molar-refractivity contribution < 1.29 is 9.60 Å². The maximum absolute atomic E-state index is 13.2. The van der Waals surface area contributed by atoms with E-state index in [1.165, 1.54) is 25.0 Å². The van der Waals surface area contributed by atoms with Gasteiger partial charge in [0.2, 0.25) is 0 Å². The second kappa shape index (κ2) is 5.35. The Morgan fingerprint density at radius 2 is 2.39 bits per heavy atom. The van der Waals surface area contributed by atoms with Crippen molar-refractivity contribution in [3.8, 4) is 0 Å². The van der Waals surface area contributed by atoms with Gasteiger partial charge in [-0.05, 0) is 30.0 Å². The number of oxime groups is 1. The molecule has 0 aromatic heterocycles. The van der Waals surface area contributed by atoms with E-state index in [0.29, 0.717) is 18.2 Å². The molecule has 2 unspecified atom stereocenters. The number of hydrogen-bond donors (Lipinski definition) is 3. The molecule has 0 heterocycles. The molecule has 2 rings (SSSR count). The molecule has 1 fully saturated rings. The van der Waals surface area contributed by atoms with E-state index in [-0.39, 0.29) is 5.84 Å². The maximum atomic E-state index is 13.2. The molecule has 0 radical (unpaired) electrons. The fourth-order valence-electron chi connectivity index (χ4n) is 2.18. The van der Waals surface area contributed by atoms with E-state index >= 15 is 0 Å². The highest BCUT2D eigenvalue weighted by Gasteiger charge is 2.34. The standard InChI is InChI=1S/C13H18FN3O/c1-2-8-5-12(8)16-7-9-3-4-10(14)6-11(9)13(15)17-18/h3-4,6,8,12,16,18H,2,5,7H2,1H3,(H2,15,17). The number of nitrogens with zero attached hydrogens (tertiary/aromatic N) is 1. The molecule has 0 bridgehead atoms. The van der Waals surface area contributed by atoms with Crippen molar-refractivity contribution >= 4 is 5.84 Å². The van der Waals surface area contributed by atoms with Gasteiger partial charge < -0.3 is 16.3 Å². The topological polar surface area (TPSA) is 70.6 Å². The van der Waals surface area contributed by atoms with Crippen molar-refractivity contribution in [1.82, 2.24) is 5.32 Å². The molecule has 1 aliphatic rings. The van der Waals surface area contributed by atoms with Gasteiger partial charge in [-0.2, -0.15) is 0 Å². The molecule has 1 aliphatic carbocycles. The van der Waals surface area contributed by atoms with Gasteiger partial charge in [0.15, 0.2) is 5.84 Å². The number of halogens is 1.